The molecule has 0 saturated carbocycles. The highest BCUT2D eigenvalue weighted by Gasteiger charge is 2.09. The molecule has 3 rings (SSSR count). The molecule has 18 heavy (non-hydrogen) atoms. The highest BCUT2D eigenvalue weighted by atomic mass is 32.2. The maximum absolute atomic E-state index is 11.4. The van der Waals surface area contributed by atoms with Crippen LogP contribution in [-0.2, 0) is 10.8 Å². The van der Waals surface area contributed by atoms with Crippen LogP contribution in [0.2, 0.25) is 0 Å². The van der Waals surface area contributed by atoms with Gasteiger partial charge in [-0.25, -0.2) is 4.98 Å². The summed E-state index contributed by atoms with van der Waals surface area (Å²) in [6, 6.07) is 11.0. The molecular weight excluding hydrogens is 248 g/mol. The quantitative estimate of drug-likeness (QED) is 0.709. The van der Waals surface area contributed by atoms with Crippen molar-refractivity contribution < 1.29 is 8.63 Å². The summed E-state index contributed by atoms with van der Waals surface area (Å²) in [7, 11) is -1.02. The van der Waals surface area contributed by atoms with E-state index in [-0.39, 0.29) is 0 Å². The van der Waals surface area contributed by atoms with Gasteiger partial charge >= 0.3 is 0 Å². The van der Waals surface area contributed by atoms with E-state index in [1.54, 1.807) is 18.5 Å². The van der Waals surface area contributed by atoms with Gasteiger partial charge in [-0.1, -0.05) is 6.07 Å². The Morgan fingerprint density at radius 1 is 1.22 bits per heavy atom. The van der Waals surface area contributed by atoms with Gasteiger partial charge in [-0.15, -0.1) is 0 Å². The Labute approximate surface area is 106 Å². The molecule has 2 heterocycles. The zero-order valence-electron chi connectivity index (χ0n) is 9.66. The molecule has 0 N–H and O–H groups in total. The Morgan fingerprint density at radius 3 is 2.89 bits per heavy atom. The summed E-state index contributed by atoms with van der Waals surface area (Å²) in [5.74, 6) is 0.496. The van der Waals surface area contributed by atoms with Crippen molar-refractivity contribution in [1.29, 1.82) is 0 Å². The molecule has 0 saturated heterocycles. The molecule has 1 aromatic carbocycles. The minimum atomic E-state index is -1.02. The number of benzene rings is 1. The molecule has 1 atom stereocenters. The van der Waals surface area contributed by atoms with Gasteiger partial charge in [-0.2, -0.15) is 4.98 Å². The number of fused-ring (bicyclic) bond motifs is 1. The molecule has 1 unspecified atom stereocenters. The van der Waals surface area contributed by atoms with Gasteiger partial charge in [0.1, 0.15) is 0 Å². The van der Waals surface area contributed by atoms with Gasteiger partial charge in [-0.3, -0.25) is 4.21 Å². The first-order chi connectivity index (χ1) is 8.74. The summed E-state index contributed by atoms with van der Waals surface area (Å²) >= 11 is 0. The summed E-state index contributed by atoms with van der Waals surface area (Å²) in [4.78, 5) is 9.18. The second kappa shape index (κ2) is 4.34. The van der Waals surface area contributed by atoms with Crippen molar-refractivity contribution in [1.82, 2.24) is 9.97 Å². The monoisotopic (exact) mass is 258 g/mol. The smallest absolute Gasteiger partial charge is 0.228 e. The van der Waals surface area contributed by atoms with Crippen molar-refractivity contribution in [3.63, 3.8) is 0 Å². The summed E-state index contributed by atoms with van der Waals surface area (Å²) in [5.41, 5.74) is 2.03. The fourth-order valence-corrected chi connectivity index (χ4v) is 2.26. The molecule has 0 fully saturated rings. The molecule has 0 radical (unpaired) electrons. The summed E-state index contributed by atoms with van der Waals surface area (Å²) in [6.45, 7) is 0. The average molecular weight is 258 g/mol. The molecular formula is C13H10N2O2S. The second-order valence-electron chi connectivity index (χ2n) is 3.83. The maximum Gasteiger partial charge on any atom is 0.228 e. The molecule has 90 valence electrons. The van der Waals surface area contributed by atoms with Gasteiger partial charge in [0.15, 0.2) is 11.2 Å². The van der Waals surface area contributed by atoms with E-state index >= 15 is 0 Å². The van der Waals surface area contributed by atoms with Crippen LogP contribution in [0.1, 0.15) is 0 Å². The summed E-state index contributed by atoms with van der Waals surface area (Å²) in [6.07, 6.45) is 3.32. The third kappa shape index (κ3) is 1.93. The van der Waals surface area contributed by atoms with Crippen LogP contribution in [0.5, 0.6) is 0 Å². The number of oxazole rings is 1. The molecule has 0 bridgehead atoms. The van der Waals surface area contributed by atoms with E-state index in [0.717, 1.165) is 10.5 Å². The van der Waals surface area contributed by atoms with Gasteiger partial charge in [0.25, 0.3) is 0 Å². The molecule has 3 aromatic rings. The molecule has 0 spiro atoms. The van der Waals surface area contributed by atoms with Crippen LogP contribution in [0.3, 0.4) is 0 Å². The third-order valence-electron chi connectivity index (χ3n) is 2.58. The number of rotatable bonds is 2. The fourth-order valence-electron chi connectivity index (χ4n) is 1.70. The lowest BCUT2D eigenvalue weighted by atomic mass is 10.2. The van der Waals surface area contributed by atoms with E-state index in [1.165, 1.54) is 0 Å². The topological polar surface area (TPSA) is 56.0 Å². The molecule has 0 aliphatic carbocycles. The number of aromatic nitrogens is 2. The zero-order valence-corrected chi connectivity index (χ0v) is 10.5. The minimum Gasteiger partial charge on any atom is -0.434 e. The van der Waals surface area contributed by atoms with E-state index in [4.69, 9.17) is 4.42 Å². The van der Waals surface area contributed by atoms with Gasteiger partial charge in [0.05, 0.1) is 0 Å². The maximum atomic E-state index is 11.4. The Morgan fingerprint density at radius 2 is 2.11 bits per heavy atom. The minimum absolute atomic E-state index is 0.496. The van der Waals surface area contributed by atoms with E-state index in [2.05, 4.69) is 9.97 Å². The largest absolute Gasteiger partial charge is 0.434 e. The average Bonchev–Trinajstić information content (AvgIpc) is 2.82. The molecule has 5 heteroatoms. The van der Waals surface area contributed by atoms with Crippen molar-refractivity contribution in [2.45, 2.75) is 4.90 Å². The highest BCUT2D eigenvalue weighted by Crippen LogP contribution is 2.24. The Hall–Kier alpha value is -2.01. The normalized spacial score (nSPS) is 12.7. The van der Waals surface area contributed by atoms with Crippen LogP contribution in [-0.4, -0.2) is 20.4 Å². The number of hydrogen-bond acceptors (Lipinski definition) is 4. The van der Waals surface area contributed by atoms with Crippen molar-refractivity contribution in [3.8, 4) is 11.5 Å². The highest BCUT2D eigenvalue weighted by molar-refractivity contribution is 7.84. The van der Waals surface area contributed by atoms with Crippen LogP contribution in [0.4, 0.5) is 0 Å². The first-order valence-electron chi connectivity index (χ1n) is 5.39. The Balaban J connectivity index is 2.13. The lowest BCUT2D eigenvalue weighted by molar-refractivity contribution is 0.619. The predicted octanol–water partition coefficient (Wildman–Crippen LogP) is 2.63. The summed E-state index contributed by atoms with van der Waals surface area (Å²) in [5, 5.41) is 0. The molecule has 0 aliphatic heterocycles. The summed E-state index contributed by atoms with van der Waals surface area (Å²) < 4.78 is 17.1. The van der Waals surface area contributed by atoms with Crippen LogP contribution in [0.25, 0.3) is 22.7 Å². The lowest BCUT2D eigenvalue weighted by Crippen LogP contribution is -1.87. The lowest BCUT2D eigenvalue weighted by Gasteiger charge is -1.98. The Bertz CT molecular complexity index is 703. The number of nitrogens with zero attached hydrogens (tertiary/aromatic N) is 2. The van der Waals surface area contributed by atoms with Gasteiger partial charge < -0.3 is 4.42 Å². The van der Waals surface area contributed by atoms with Crippen molar-refractivity contribution in [2.75, 3.05) is 6.26 Å². The van der Waals surface area contributed by atoms with Gasteiger partial charge in [0.2, 0.25) is 5.89 Å². The van der Waals surface area contributed by atoms with Crippen molar-refractivity contribution in [3.05, 3.63) is 42.6 Å². The van der Waals surface area contributed by atoms with E-state index in [9.17, 15) is 4.21 Å². The molecule has 0 amide bonds. The van der Waals surface area contributed by atoms with E-state index in [1.807, 2.05) is 30.3 Å². The molecule has 0 aliphatic rings. The standard InChI is InChI=1S/C13H10N2O2S/c1-18(16)10-5-2-4-9(8-10)13-15-12-11(17-13)6-3-7-14-12/h2-8H,1H3. The molecule has 2 aromatic heterocycles. The van der Waals surface area contributed by atoms with Crippen LogP contribution >= 0.6 is 0 Å². The van der Waals surface area contributed by atoms with Gasteiger partial charge in [-0.05, 0) is 30.3 Å². The Kier molecular flexibility index (Phi) is 2.68. The zero-order chi connectivity index (χ0) is 12.5. The van der Waals surface area contributed by atoms with E-state index < -0.39 is 10.8 Å². The van der Waals surface area contributed by atoms with Crippen LogP contribution in [0.15, 0.2) is 51.9 Å². The fraction of sp³-hybridized carbons (Fsp3) is 0.0769. The second-order valence-corrected chi connectivity index (χ2v) is 5.21. The first-order valence-corrected chi connectivity index (χ1v) is 6.95. The van der Waals surface area contributed by atoms with Crippen LogP contribution in [0, 0.1) is 0 Å². The predicted molar refractivity (Wildman–Crippen MR) is 69.6 cm³/mol. The van der Waals surface area contributed by atoms with Gasteiger partial charge in [0, 0.05) is 33.7 Å². The van der Waals surface area contributed by atoms with Crippen molar-refractivity contribution >= 4 is 22.0 Å². The third-order valence-corrected chi connectivity index (χ3v) is 3.50. The molecule has 4 nitrogen and oxygen atoms in total. The van der Waals surface area contributed by atoms with E-state index in [0.29, 0.717) is 17.1 Å². The SMILES string of the molecule is CS(=O)c1cccc(-c2nc3ncccc3o2)c1. The van der Waals surface area contributed by atoms with Crippen LogP contribution < -0.4 is 0 Å². The number of hydrogen-bond donors (Lipinski definition) is 0. The van der Waals surface area contributed by atoms with Crippen molar-refractivity contribution in [2.24, 2.45) is 0 Å². The number of pyridine rings is 1. The first kappa shape index (κ1) is 11.1.